The largest absolute Gasteiger partial charge is 0.465 e. The van der Waals surface area contributed by atoms with E-state index in [2.05, 4.69) is 4.90 Å². The van der Waals surface area contributed by atoms with Crippen LogP contribution in [-0.4, -0.2) is 43.5 Å². The average molecular weight is 477 g/mol. The number of methoxy groups -OCH3 is 1. The van der Waals surface area contributed by atoms with Crippen molar-refractivity contribution in [2.75, 3.05) is 31.6 Å². The van der Waals surface area contributed by atoms with Crippen molar-refractivity contribution in [3.05, 3.63) is 101 Å². The standard InChI is InChI=1S/C28H26F2N2O3/c1-35-27(34)20-7-5-19(6-8-20)17-31-13-11-28(12-14-31)18-32(25-10-9-23(30)16-24(25)28)26(33)21-3-2-4-22(29)15-21/h2-10,15-16H,11-14,17-18H2,1H3. The Hall–Kier alpha value is -3.58. The molecule has 5 nitrogen and oxygen atoms in total. The summed E-state index contributed by atoms with van der Waals surface area (Å²) < 4.78 is 32.8. The van der Waals surface area contributed by atoms with Gasteiger partial charge >= 0.3 is 5.97 Å². The normalized spacial score (nSPS) is 16.8. The highest BCUT2D eigenvalue weighted by Crippen LogP contribution is 2.47. The van der Waals surface area contributed by atoms with Crippen molar-refractivity contribution in [3.8, 4) is 0 Å². The van der Waals surface area contributed by atoms with Crippen molar-refractivity contribution in [3.63, 3.8) is 0 Å². The first-order valence-corrected chi connectivity index (χ1v) is 11.7. The third kappa shape index (κ3) is 4.44. The topological polar surface area (TPSA) is 49.9 Å². The SMILES string of the molecule is COC(=O)c1ccc(CN2CCC3(CC2)CN(C(=O)c2cccc(F)c2)c2ccc(F)cc23)cc1. The first kappa shape index (κ1) is 23.2. The lowest BCUT2D eigenvalue weighted by Gasteiger charge is -2.40. The van der Waals surface area contributed by atoms with Gasteiger partial charge in [-0.3, -0.25) is 9.69 Å². The number of piperidine rings is 1. The second-order valence-electron chi connectivity index (χ2n) is 9.31. The van der Waals surface area contributed by atoms with Crippen LogP contribution in [0.3, 0.4) is 0 Å². The zero-order chi connectivity index (χ0) is 24.6. The minimum absolute atomic E-state index is 0.276. The molecule has 2 aliphatic heterocycles. The summed E-state index contributed by atoms with van der Waals surface area (Å²) in [7, 11) is 1.36. The first-order chi connectivity index (χ1) is 16.9. The van der Waals surface area contributed by atoms with E-state index in [1.165, 1.54) is 31.4 Å². The molecule has 0 radical (unpaired) electrons. The van der Waals surface area contributed by atoms with E-state index in [1.807, 2.05) is 12.1 Å². The van der Waals surface area contributed by atoms with E-state index in [-0.39, 0.29) is 28.7 Å². The van der Waals surface area contributed by atoms with Gasteiger partial charge in [0.2, 0.25) is 0 Å². The Morgan fingerprint density at radius 1 is 0.914 bits per heavy atom. The third-order valence-electron chi connectivity index (χ3n) is 7.19. The predicted molar refractivity (Wildman–Crippen MR) is 128 cm³/mol. The summed E-state index contributed by atoms with van der Waals surface area (Å²) in [6, 6.07) is 17.6. The Kier molecular flexibility index (Phi) is 6.11. The van der Waals surface area contributed by atoms with Gasteiger partial charge in [-0.1, -0.05) is 18.2 Å². The van der Waals surface area contributed by atoms with Crippen LogP contribution in [0.5, 0.6) is 0 Å². The van der Waals surface area contributed by atoms with E-state index in [4.69, 9.17) is 4.74 Å². The maximum absolute atomic E-state index is 14.3. The number of rotatable bonds is 4. The van der Waals surface area contributed by atoms with Gasteiger partial charge in [-0.15, -0.1) is 0 Å². The van der Waals surface area contributed by atoms with E-state index < -0.39 is 5.82 Å². The molecule has 0 aromatic heterocycles. The molecule has 1 saturated heterocycles. The van der Waals surface area contributed by atoms with Gasteiger partial charge in [-0.05, 0) is 85.6 Å². The maximum Gasteiger partial charge on any atom is 0.337 e. The number of fused-ring (bicyclic) bond motifs is 2. The number of ether oxygens (including phenoxy) is 1. The van der Waals surface area contributed by atoms with Crippen molar-refractivity contribution in [1.82, 2.24) is 4.90 Å². The summed E-state index contributed by atoms with van der Waals surface area (Å²) >= 11 is 0. The number of hydrogen-bond acceptors (Lipinski definition) is 4. The molecule has 0 unspecified atom stereocenters. The van der Waals surface area contributed by atoms with Crippen LogP contribution in [0.2, 0.25) is 0 Å². The van der Waals surface area contributed by atoms with E-state index in [0.717, 1.165) is 43.6 Å². The van der Waals surface area contributed by atoms with Crippen LogP contribution in [0.4, 0.5) is 14.5 Å². The van der Waals surface area contributed by atoms with E-state index >= 15 is 0 Å². The number of carbonyl (C=O) groups excluding carboxylic acids is 2. The number of nitrogens with zero attached hydrogens (tertiary/aromatic N) is 2. The third-order valence-corrected chi connectivity index (χ3v) is 7.19. The van der Waals surface area contributed by atoms with Crippen LogP contribution in [0.1, 0.15) is 44.7 Å². The highest BCUT2D eigenvalue weighted by molar-refractivity contribution is 6.07. The lowest BCUT2D eigenvalue weighted by atomic mass is 9.74. The highest BCUT2D eigenvalue weighted by atomic mass is 19.1. The number of likely N-dealkylation sites (tertiary alicyclic amines) is 1. The molecule has 1 fully saturated rings. The van der Waals surface area contributed by atoms with Gasteiger partial charge in [0, 0.05) is 29.8 Å². The van der Waals surface area contributed by atoms with Crippen molar-refractivity contribution in [1.29, 1.82) is 0 Å². The number of amides is 1. The van der Waals surface area contributed by atoms with Crippen molar-refractivity contribution in [2.45, 2.75) is 24.8 Å². The molecule has 0 aliphatic carbocycles. The highest BCUT2D eigenvalue weighted by Gasteiger charge is 2.46. The zero-order valence-electron chi connectivity index (χ0n) is 19.5. The summed E-state index contributed by atoms with van der Waals surface area (Å²) in [5.41, 5.74) is 3.10. The molecule has 3 aromatic carbocycles. The average Bonchev–Trinajstić information content (AvgIpc) is 3.18. The van der Waals surface area contributed by atoms with Gasteiger partial charge in [0.1, 0.15) is 11.6 Å². The lowest BCUT2D eigenvalue weighted by molar-refractivity contribution is 0.0600. The molecular weight excluding hydrogens is 450 g/mol. The fourth-order valence-electron chi connectivity index (χ4n) is 5.29. The molecule has 0 bridgehead atoms. The predicted octanol–water partition coefficient (Wildman–Crippen LogP) is 4.95. The molecule has 35 heavy (non-hydrogen) atoms. The molecule has 0 saturated carbocycles. The number of benzene rings is 3. The molecular formula is C28H26F2N2O3. The fourth-order valence-corrected chi connectivity index (χ4v) is 5.29. The second-order valence-corrected chi connectivity index (χ2v) is 9.31. The van der Waals surface area contributed by atoms with Gasteiger partial charge in [-0.2, -0.15) is 0 Å². The van der Waals surface area contributed by atoms with Crippen LogP contribution in [0.25, 0.3) is 0 Å². The summed E-state index contributed by atoms with van der Waals surface area (Å²) in [4.78, 5) is 29.0. The molecule has 2 aliphatic rings. The van der Waals surface area contributed by atoms with Crippen molar-refractivity contribution in [2.24, 2.45) is 0 Å². The van der Waals surface area contributed by atoms with Gasteiger partial charge in [-0.25, -0.2) is 13.6 Å². The fraction of sp³-hybridized carbons (Fsp3) is 0.286. The number of halogens is 2. The van der Waals surface area contributed by atoms with Gasteiger partial charge in [0.05, 0.1) is 12.7 Å². The summed E-state index contributed by atoms with van der Waals surface area (Å²) in [5, 5.41) is 0. The number of anilines is 1. The molecule has 180 valence electrons. The number of hydrogen-bond donors (Lipinski definition) is 0. The Labute approximate surface area is 202 Å². The minimum Gasteiger partial charge on any atom is -0.465 e. The monoisotopic (exact) mass is 476 g/mol. The van der Waals surface area contributed by atoms with Crippen molar-refractivity contribution < 1.29 is 23.1 Å². The van der Waals surface area contributed by atoms with Crippen molar-refractivity contribution >= 4 is 17.6 Å². The maximum atomic E-state index is 14.3. The molecule has 0 N–H and O–H groups in total. The quantitative estimate of drug-likeness (QED) is 0.501. The Bertz CT molecular complexity index is 1270. The van der Waals surface area contributed by atoms with E-state index in [9.17, 15) is 18.4 Å². The molecule has 2 heterocycles. The Morgan fingerprint density at radius 3 is 2.31 bits per heavy atom. The zero-order valence-corrected chi connectivity index (χ0v) is 19.5. The smallest absolute Gasteiger partial charge is 0.337 e. The van der Waals surface area contributed by atoms with E-state index in [0.29, 0.717) is 17.8 Å². The minimum atomic E-state index is -0.461. The van der Waals surface area contributed by atoms with Crippen LogP contribution >= 0.6 is 0 Å². The van der Waals surface area contributed by atoms with Gasteiger partial charge in [0.25, 0.3) is 5.91 Å². The molecule has 3 aromatic rings. The summed E-state index contributed by atoms with van der Waals surface area (Å²) in [6.45, 7) is 2.76. The Morgan fingerprint density at radius 2 is 1.63 bits per heavy atom. The molecule has 5 rings (SSSR count). The van der Waals surface area contributed by atoms with Crippen LogP contribution in [-0.2, 0) is 16.7 Å². The molecule has 7 heteroatoms. The second kappa shape index (κ2) is 9.23. The molecule has 1 amide bonds. The van der Waals surface area contributed by atoms with Gasteiger partial charge in [0.15, 0.2) is 0 Å². The lowest BCUT2D eigenvalue weighted by Crippen LogP contribution is -2.45. The molecule has 1 spiro atoms. The summed E-state index contributed by atoms with van der Waals surface area (Å²) in [5.74, 6) is -1.42. The van der Waals surface area contributed by atoms with Gasteiger partial charge < -0.3 is 9.64 Å². The molecule has 0 atom stereocenters. The first-order valence-electron chi connectivity index (χ1n) is 11.7. The van der Waals surface area contributed by atoms with Crippen LogP contribution in [0, 0.1) is 11.6 Å². The van der Waals surface area contributed by atoms with Crippen LogP contribution < -0.4 is 4.90 Å². The Balaban J connectivity index is 1.33. The van der Waals surface area contributed by atoms with Crippen LogP contribution in [0.15, 0.2) is 66.7 Å². The number of carbonyl (C=O) groups is 2. The summed E-state index contributed by atoms with van der Waals surface area (Å²) in [6.07, 6.45) is 1.55. The van der Waals surface area contributed by atoms with E-state index in [1.54, 1.807) is 35.2 Å². The number of esters is 1.